The number of aliphatic hydroxyl groups excluding tert-OH is 1. The molecule has 0 bridgehead atoms. The molecule has 1 aromatic carbocycles. The average Bonchev–Trinajstić information content (AvgIpc) is 2.44. The number of amides is 2. The normalized spacial score (nSPS) is 10.6. The first-order valence-corrected chi connectivity index (χ1v) is 7.02. The van der Waals surface area contributed by atoms with Gasteiger partial charge >= 0.3 is 0 Å². The SMILES string of the molecule is CN(CCCCCO)CC(=O)Nc1ccc(C(N)=O)cc1. The van der Waals surface area contributed by atoms with E-state index in [9.17, 15) is 9.59 Å². The number of carbonyl (C=O) groups excluding carboxylic acids is 2. The van der Waals surface area contributed by atoms with Crippen LogP contribution in [-0.4, -0.2) is 48.6 Å². The van der Waals surface area contributed by atoms with Crippen LogP contribution in [0.4, 0.5) is 5.69 Å². The number of aliphatic hydroxyl groups is 1. The molecule has 0 aliphatic rings. The van der Waals surface area contributed by atoms with Gasteiger partial charge in [-0.1, -0.05) is 0 Å². The summed E-state index contributed by atoms with van der Waals surface area (Å²) >= 11 is 0. The maximum Gasteiger partial charge on any atom is 0.248 e. The Morgan fingerprint density at radius 2 is 1.86 bits per heavy atom. The van der Waals surface area contributed by atoms with Crippen LogP contribution in [0.1, 0.15) is 29.6 Å². The molecule has 0 spiro atoms. The Morgan fingerprint density at radius 3 is 2.43 bits per heavy atom. The fourth-order valence-electron chi connectivity index (χ4n) is 1.91. The van der Waals surface area contributed by atoms with Gasteiger partial charge in [0.1, 0.15) is 0 Å². The van der Waals surface area contributed by atoms with Gasteiger partial charge in [0, 0.05) is 17.9 Å². The summed E-state index contributed by atoms with van der Waals surface area (Å²) in [5.41, 5.74) is 6.20. The topological polar surface area (TPSA) is 95.7 Å². The summed E-state index contributed by atoms with van der Waals surface area (Å²) in [6.07, 6.45) is 2.71. The van der Waals surface area contributed by atoms with E-state index in [1.54, 1.807) is 24.3 Å². The number of likely N-dealkylation sites (N-methyl/N-ethyl adjacent to an activating group) is 1. The zero-order chi connectivity index (χ0) is 15.7. The monoisotopic (exact) mass is 293 g/mol. The molecule has 0 saturated carbocycles. The predicted octanol–water partition coefficient (Wildman–Crippen LogP) is 0.818. The molecule has 0 unspecified atom stereocenters. The summed E-state index contributed by atoms with van der Waals surface area (Å²) < 4.78 is 0. The van der Waals surface area contributed by atoms with Crippen molar-refractivity contribution in [1.29, 1.82) is 0 Å². The van der Waals surface area contributed by atoms with Gasteiger partial charge in [0.05, 0.1) is 6.54 Å². The van der Waals surface area contributed by atoms with Crippen LogP contribution in [0, 0.1) is 0 Å². The van der Waals surface area contributed by atoms with Crippen molar-refractivity contribution in [3.63, 3.8) is 0 Å². The molecular formula is C15H23N3O3. The van der Waals surface area contributed by atoms with Crippen molar-refractivity contribution in [1.82, 2.24) is 4.90 Å². The van der Waals surface area contributed by atoms with Gasteiger partial charge in [-0.15, -0.1) is 0 Å². The lowest BCUT2D eigenvalue weighted by Crippen LogP contribution is -2.30. The molecule has 21 heavy (non-hydrogen) atoms. The fourth-order valence-corrected chi connectivity index (χ4v) is 1.91. The number of rotatable bonds is 9. The molecule has 1 rings (SSSR count). The Kier molecular flexibility index (Phi) is 7.42. The smallest absolute Gasteiger partial charge is 0.248 e. The highest BCUT2D eigenvalue weighted by Crippen LogP contribution is 2.09. The highest BCUT2D eigenvalue weighted by atomic mass is 16.3. The fraction of sp³-hybridized carbons (Fsp3) is 0.467. The van der Waals surface area contributed by atoms with Gasteiger partial charge in [-0.3, -0.25) is 14.5 Å². The van der Waals surface area contributed by atoms with Crippen LogP contribution in [0.3, 0.4) is 0 Å². The summed E-state index contributed by atoms with van der Waals surface area (Å²) in [6, 6.07) is 6.46. The first kappa shape index (κ1) is 17.1. The summed E-state index contributed by atoms with van der Waals surface area (Å²) in [7, 11) is 1.88. The van der Waals surface area contributed by atoms with Crippen molar-refractivity contribution in [3.8, 4) is 0 Å². The molecule has 0 aromatic heterocycles. The first-order chi connectivity index (χ1) is 10.0. The Hall–Kier alpha value is -1.92. The van der Waals surface area contributed by atoms with Crippen LogP contribution in [0.5, 0.6) is 0 Å². The second-order valence-corrected chi connectivity index (χ2v) is 5.01. The van der Waals surface area contributed by atoms with Crippen LogP contribution in [0.25, 0.3) is 0 Å². The zero-order valence-electron chi connectivity index (χ0n) is 12.3. The van der Waals surface area contributed by atoms with Crippen molar-refractivity contribution in [2.45, 2.75) is 19.3 Å². The van der Waals surface area contributed by atoms with Gasteiger partial charge in [-0.2, -0.15) is 0 Å². The van der Waals surface area contributed by atoms with Gasteiger partial charge in [0.25, 0.3) is 0 Å². The van der Waals surface area contributed by atoms with Crippen LogP contribution in [0.2, 0.25) is 0 Å². The van der Waals surface area contributed by atoms with Crippen molar-refractivity contribution in [2.75, 3.05) is 32.1 Å². The molecule has 4 N–H and O–H groups in total. The molecule has 2 amide bonds. The van der Waals surface area contributed by atoms with E-state index in [0.717, 1.165) is 25.8 Å². The molecule has 1 aromatic rings. The summed E-state index contributed by atoms with van der Waals surface area (Å²) in [5, 5.41) is 11.5. The maximum absolute atomic E-state index is 11.8. The lowest BCUT2D eigenvalue weighted by atomic mass is 10.2. The quantitative estimate of drug-likeness (QED) is 0.587. The third-order valence-corrected chi connectivity index (χ3v) is 3.06. The Balaban J connectivity index is 2.34. The molecule has 0 saturated heterocycles. The highest BCUT2D eigenvalue weighted by Gasteiger charge is 2.07. The second-order valence-electron chi connectivity index (χ2n) is 5.01. The van der Waals surface area contributed by atoms with E-state index in [0.29, 0.717) is 17.8 Å². The third-order valence-electron chi connectivity index (χ3n) is 3.06. The van der Waals surface area contributed by atoms with Crippen molar-refractivity contribution >= 4 is 17.5 Å². The van der Waals surface area contributed by atoms with Gasteiger partial charge in [0.2, 0.25) is 11.8 Å². The minimum atomic E-state index is -0.490. The van der Waals surface area contributed by atoms with E-state index >= 15 is 0 Å². The minimum Gasteiger partial charge on any atom is -0.396 e. The van der Waals surface area contributed by atoms with E-state index in [-0.39, 0.29) is 12.5 Å². The zero-order valence-corrected chi connectivity index (χ0v) is 12.3. The number of nitrogens with one attached hydrogen (secondary N) is 1. The maximum atomic E-state index is 11.8. The number of hydrogen-bond donors (Lipinski definition) is 3. The van der Waals surface area contributed by atoms with E-state index < -0.39 is 5.91 Å². The number of nitrogens with zero attached hydrogens (tertiary/aromatic N) is 1. The van der Waals surface area contributed by atoms with Gasteiger partial charge in [-0.05, 0) is 57.1 Å². The molecule has 0 heterocycles. The highest BCUT2D eigenvalue weighted by molar-refractivity contribution is 5.95. The lowest BCUT2D eigenvalue weighted by Gasteiger charge is -2.16. The molecule has 0 aliphatic heterocycles. The largest absolute Gasteiger partial charge is 0.396 e. The average molecular weight is 293 g/mol. The molecular weight excluding hydrogens is 270 g/mol. The van der Waals surface area contributed by atoms with E-state index in [1.807, 2.05) is 11.9 Å². The standard InChI is InChI=1S/C15H23N3O3/c1-18(9-3-2-4-10-19)11-14(20)17-13-7-5-12(6-8-13)15(16)21/h5-8,19H,2-4,9-11H2,1H3,(H2,16,21)(H,17,20). The molecule has 0 radical (unpaired) electrons. The molecule has 0 fully saturated rings. The van der Waals surface area contributed by atoms with Crippen molar-refractivity contribution < 1.29 is 14.7 Å². The summed E-state index contributed by atoms with van der Waals surface area (Å²) in [6.45, 7) is 1.33. The number of unbranched alkanes of at least 4 members (excludes halogenated alkanes) is 2. The number of benzene rings is 1. The minimum absolute atomic E-state index is 0.105. The molecule has 116 valence electrons. The predicted molar refractivity (Wildman–Crippen MR) is 82.0 cm³/mol. The molecule has 0 atom stereocenters. The van der Waals surface area contributed by atoms with E-state index in [2.05, 4.69) is 5.32 Å². The van der Waals surface area contributed by atoms with Crippen LogP contribution in [-0.2, 0) is 4.79 Å². The van der Waals surface area contributed by atoms with Crippen LogP contribution in [0.15, 0.2) is 24.3 Å². The van der Waals surface area contributed by atoms with Crippen LogP contribution >= 0.6 is 0 Å². The van der Waals surface area contributed by atoms with E-state index in [4.69, 9.17) is 10.8 Å². The number of hydrogen-bond acceptors (Lipinski definition) is 4. The summed E-state index contributed by atoms with van der Waals surface area (Å²) in [5.74, 6) is -0.595. The van der Waals surface area contributed by atoms with Gasteiger partial charge in [-0.25, -0.2) is 0 Å². The number of carbonyl (C=O) groups is 2. The first-order valence-electron chi connectivity index (χ1n) is 7.02. The number of primary amides is 1. The Bertz CT molecular complexity index is 460. The number of nitrogens with two attached hydrogens (primary N) is 1. The summed E-state index contributed by atoms with van der Waals surface area (Å²) in [4.78, 5) is 24.7. The van der Waals surface area contributed by atoms with Gasteiger partial charge < -0.3 is 16.2 Å². The third kappa shape index (κ3) is 6.87. The van der Waals surface area contributed by atoms with Crippen LogP contribution < -0.4 is 11.1 Å². The van der Waals surface area contributed by atoms with E-state index in [1.165, 1.54) is 0 Å². The van der Waals surface area contributed by atoms with Crippen molar-refractivity contribution in [3.05, 3.63) is 29.8 Å². The lowest BCUT2D eigenvalue weighted by molar-refractivity contribution is -0.117. The van der Waals surface area contributed by atoms with Crippen molar-refractivity contribution in [2.24, 2.45) is 5.73 Å². The van der Waals surface area contributed by atoms with Gasteiger partial charge in [0.15, 0.2) is 0 Å². The molecule has 6 heteroatoms. The Morgan fingerprint density at radius 1 is 1.19 bits per heavy atom. The number of anilines is 1. The molecule has 0 aliphatic carbocycles. The second kappa shape index (κ2) is 9.10. The Labute approximate surface area is 124 Å². The molecule has 6 nitrogen and oxygen atoms in total.